The van der Waals surface area contributed by atoms with Crippen molar-refractivity contribution in [1.82, 2.24) is 0 Å². The third-order valence-electron chi connectivity index (χ3n) is 2.29. The molecule has 11 heavy (non-hydrogen) atoms. The minimum absolute atomic E-state index is 0.0220. The second-order valence-electron chi connectivity index (χ2n) is 3.20. The molecular weight excluding hydrogens is 144 g/mol. The number of carbonyl (C=O) groups excluding carboxylic acids is 1. The van der Waals surface area contributed by atoms with Gasteiger partial charge in [-0.2, -0.15) is 0 Å². The molecule has 1 saturated carbocycles. The highest BCUT2D eigenvalue weighted by atomic mass is 16.4. The van der Waals surface area contributed by atoms with Crippen LogP contribution in [0.15, 0.2) is 0 Å². The van der Waals surface area contributed by atoms with Crippen LogP contribution in [0.5, 0.6) is 0 Å². The molecule has 1 N–H and O–H groups in total. The summed E-state index contributed by atoms with van der Waals surface area (Å²) in [7, 11) is 0. The maximum Gasteiger partial charge on any atom is 0.306 e. The van der Waals surface area contributed by atoms with Crippen molar-refractivity contribution in [3.05, 3.63) is 0 Å². The van der Waals surface area contributed by atoms with Crippen LogP contribution in [-0.2, 0) is 9.59 Å². The van der Waals surface area contributed by atoms with Crippen LogP contribution in [0.25, 0.3) is 0 Å². The van der Waals surface area contributed by atoms with Crippen LogP contribution in [0.3, 0.4) is 0 Å². The number of carboxylic acids is 1. The van der Waals surface area contributed by atoms with Crippen LogP contribution >= 0.6 is 0 Å². The molecular formula is C8H12O3. The highest BCUT2D eigenvalue weighted by molar-refractivity contribution is 5.82. The predicted molar refractivity (Wildman–Crippen MR) is 39.1 cm³/mol. The van der Waals surface area contributed by atoms with Gasteiger partial charge in [0.05, 0.1) is 5.92 Å². The van der Waals surface area contributed by atoms with E-state index in [0.717, 1.165) is 0 Å². The third kappa shape index (κ3) is 1.79. The molecule has 0 aromatic carbocycles. The van der Waals surface area contributed by atoms with Crippen LogP contribution in [-0.4, -0.2) is 16.9 Å². The smallest absolute Gasteiger partial charge is 0.306 e. The molecule has 3 nitrogen and oxygen atoms in total. The summed E-state index contributed by atoms with van der Waals surface area (Å²) in [5.41, 5.74) is 0. The number of rotatable bonds is 1. The lowest BCUT2D eigenvalue weighted by Gasteiger charge is -2.23. The van der Waals surface area contributed by atoms with Crippen molar-refractivity contribution in [3.8, 4) is 0 Å². The average molecular weight is 156 g/mol. The Morgan fingerprint density at radius 3 is 2.73 bits per heavy atom. The zero-order valence-corrected chi connectivity index (χ0v) is 6.54. The number of carbonyl (C=O) groups is 2. The second-order valence-corrected chi connectivity index (χ2v) is 3.20. The number of aliphatic carboxylic acids is 1. The molecule has 0 aromatic rings. The van der Waals surface area contributed by atoms with E-state index in [9.17, 15) is 9.59 Å². The van der Waals surface area contributed by atoms with Gasteiger partial charge in [0.15, 0.2) is 0 Å². The Hall–Kier alpha value is -0.860. The van der Waals surface area contributed by atoms with Gasteiger partial charge in [0.1, 0.15) is 5.78 Å². The van der Waals surface area contributed by atoms with Gasteiger partial charge >= 0.3 is 5.97 Å². The van der Waals surface area contributed by atoms with Crippen LogP contribution in [0.1, 0.15) is 26.2 Å². The van der Waals surface area contributed by atoms with Crippen LogP contribution in [0, 0.1) is 11.8 Å². The summed E-state index contributed by atoms with van der Waals surface area (Å²) in [5.74, 6) is -0.832. The molecule has 0 aliphatic heterocycles. The predicted octanol–water partition coefficient (Wildman–Crippen LogP) is 1.08. The summed E-state index contributed by atoms with van der Waals surface area (Å²) in [6.45, 7) is 1.83. The second kappa shape index (κ2) is 3.03. The number of Topliss-reactive ketones (excluding diaryl/α,β-unsaturated/α-hetero) is 1. The van der Waals surface area contributed by atoms with E-state index in [1.165, 1.54) is 0 Å². The highest BCUT2D eigenvalue weighted by Gasteiger charge is 2.30. The van der Waals surface area contributed by atoms with Crippen LogP contribution in [0.2, 0.25) is 0 Å². The van der Waals surface area contributed by atoms with Crippen molar-refractivity contribution < 1.29 is 14.7 Å². The Kier molecular flexibility index (Phi) is 2.27. The fourth-order valence-electron chi connectivity index (χ4n) is 1.57. The Morgan fingerprint density at radius 2 is 2.27 bits per heavy atom. The summed E-state index contributed by atoms with van der Waals surface area (Å²) in [4.78, 5) is 21.4. The van der Waals surface area contributed by atoms with Gasteiger partial charge in [0.25, 0.3) is 0 Å². The van der Waals surface area contributed by atoms with Crippen molar-refractivity contribution in [2.24, 2.45) is 11.8 Å². The molecule has 0 heterocycles. The first-order valence-electron chi connectivity index (χ1n) is 3.85. The fourth-order valence-corrected chi connectivity index (χ4v) is 1.57. The van der Waals surface area contributed by atoms with E-state index >= 15 is 0 Å². The molecule has 3 heteroatoms. The molecule has 0 unspecified atom stereocenters. The van der Waals surface area contributed by atoms with Crippen LogP contribution < -0.4 is 0 Å². The zero-order chi connectivity index (χ0) is 8.43. The van der Waals surface area contributed by atoms with E-state index < -0.39 is 5.97 Å². The van der Waals surface area contributed by atoms with E-state index in [2.05, 4.69) is 0 Å². The van der Waals surface area contributed by atoms with Gasteiger partial charge in [-0.05, 0) is 12.3 Å². The van der Waals surface area contributed by atoms with Gasteiger partial charge in [0, 0.05) is 12.8 Å². The normalized spacial score (nSPS) is 31.9. The van der Waals surface area contributed by atoms with E-state index in [-0.39, 0.29) is 17.6 Å². The first kappa shape index (κ1) is 8.24. The van der Waals surface area contributed by atoms with Gasteiger partial charge in [0.2, 0.25) is 0 Å². The van der Waals surface area contributed by atoms with E-state index in [4.69, 9.17) is 5.11 Å². The molecule has 0 radical (unpaired) electrons. The molecule has 2 atom stereocenters. The molecule has 62 valence electrons. The third-order valence-corrected chi connectivity index (χ3v) is 2.29. The maximum absolute atomic E-state index is 10.8. The molecule has 0 saturated heterocycles. The first-order valence-corrected chi connectivity index (χ1v) is 3.85. The van der Waals surface area contributed by atoms with Crippen molar-refractivity contribution in [1.29, 1.82) is 0 Å². The zero-order valence-electron chi connectivity index (χ0n) is 6.54. The summed E-state index contributed by atoms with van der Waals surface area (Å²) >= 11 is 0. The highest BCUT2D eigenvalue weighted by Crippen LogP contribution is 2.27. The molecule has 1 fully saturated rings. The fraction of sp³-hybridized carbons (Fsp3) is 0.750. The van der Waals surface area contributed by atoms with Crippen molar-refractivity contribution in [2.45, 2.75) is 26.2 Å². The Bertz CT molecular complexity index is 186. The standard InChI is InChI=1S/C8H12O3/c1-5-4-6(9)2-3-7(5)8(10)11/h5,7H,2-4H2,1H3,(H,10,11)/t5-,7-/m0/s1. The van der Waals surface area contributed by atoms with Gasteiger partial charge in [-0.15, -0.1) is 0 Å². The van der Waals surface area contributed by atoms with Gasteiger partial charge in [-0.3, -0.25) is 9.59 Å². The molecule has 1 aliphatic carbocycles. The van der Waals surface area contributed by atoms with Crippen molar-refractivity contribution >= 4 is 11.8 Å². The Balaban J connectivity index is 2.57. The number of hydrogen-bond acceptors (Lipinski definition) is 2. The van der Waals surface area contributed by atoms with E-state index in [1.807, 2.05) is 6.92 Å². The Morgan fingerprint density at radius 1 is 1.64 bits per heavy atom. The van der Waals surface area contributed by atoms with Crippen molar-refractivity contribution in [2.75, 3.05) is 0 Å². The van der Waals surface area contributed by atoms with Gasteiger partial charge < -0.3 is 5.11 Å². The van der Waals surface area contributed by atoms with E-state index in [0.29, 0.717) is 19.3 Å². The SMILES string of the molecule is C[C@H]1CC(=O)CC[C@@H]1C(=O)O. The van der Waals surface area contributed by atoms with E-state index in [1.54, 1.807) is 0 Å². The molecule has 0 spiro atoms. The van der Waals surface area contributed by atoms with Crippen LogP contribution in [0.4, 0.5) is 0 Å². The molecule has 0 amide bonds. The number of ketones is 1. The number of carboxylic acid groups (broad SMARTS) is 1. The first-order chi connectivity index (χ1) is 5.11. The molecule has 1 aliphatic rings. The summed E-state index contributed by atoms with van der Waals surface area (Å²) < 4.78 is 0. The number of hydrogen-bond donors (Lipinski definition) is 1. The molecule has 0 aromatic heterocycles. The maximum atomic E-state index is 10.8. The lowest BCUT2D eigenvalue weighted by molar-refractivity contribution is -0.145. The lowest BCUT2D eigenvalue weighted by atomic mass is 9.80. The monoisotopic (exact) mass is 156 g/mol. The molecule has 1 rings (SSSR count). The summed E-state index contributed by atoms with van der Waals surface area (Å²) in [5, 5.41) is 8.68. The molecule has 0 bridgehead atoms. The quantitative estimate of drug-likeness (QED) is 0.618. The van der Waals surface area contributed by atoms with Gasteiger partial charge in [-0.1, -0.05) is 6.92 Å². The largest absolute Gasteiger partial charge is 0.481 e. The van der Waals surface area contributed by atoms with Crippen molar-refractivity contribution in [3.63, 3.8) is 0 Å². The average Bonchev–Trinajstić information content (AvgIpc) is 1.85. The lowest BCUT2D eigenvalue weighted by Crippen LogP contribution is -2.28. The van der Waals surface area contributed by atoms with Gasteiger partial charge in [-0.25, -0.2) is 0 Å². The minimum Gasteiger partial charge on any atom is -0.481 e. The Labute approximate surface area is 65.4 Å². The summed E-state index contributed by atoms with van der Waals surface area (Å²) in [6.07, 6.45) is 1.41. The summed E-state index contributed by atoms with van der Waals surface area (Å²) in [6, 6.07) is 0. The topological polar surface area (TPSA) is 54.4 Å². The minimum atomic E-state index is -0.759.